The number of methoxy groups -OCH3 is 1. The molecule has 4 heteroatoms. The van der Waals surface area contributed by atoms with E-state index in [-0.39, 0.29) is 0 Å². The van der Waals surface area contributed by atoms with Gasteiger partial charge in [0.15, 0.2) is 0 Å². The molecule has 1 aromatic rings. The molecule has 1 aliphatic heterocycles. The molecule has 1 saturated heterocycles. The molecule has 0 radical (unpaired) electrons. The van der Waals surface area contributed by atoms with Gasteiger partial charge in [-0.3, -0.25) is 0 Å². The first-order valence-electron chi connectivity index (χ1n) is 8.59. The SMILES string of the molecule is COCCCN1CCCC(c2nccn2CC2CCC2)C1. The molecule has 4 nitrogen and oxygen atoms in total. The fourth-order valence-corrected chi connectivity index (χ4v) is 3.69. The van der Waals surface area contributed by atoms with Crippen LogP contribution in [0.25, 0.3) is 0 Å². The van der Waals surface area contributed by atoms with Crippen molar-refractivity contribution in [3.05, 3.63) is 18.2 Å². The summed E-state index contributed by atoms with van der Waals surface area (Å²) in [4.78, 5) is 7.29. The van der Waals surface area contributed by atoms with Crippen molar-refractivity contribution in [1.82, 2.24) is 14.5 Å². The number of aromatic nitrogens is 2. The van der Waals surface area contributed by atoms with Crippen LogP contribution >= 0.6 is 0 Å². The maximum absolute atomic E-state index is 5.17. The van der Waals surface area contributed by atoms with Gasteiger partial charge in [-0.05, 0) is 44.6 Å². The highest BCUT2D eigenvalue weighted by atomic mass is 16.5. The first-order valence-corrected chi connectivity index (χ1v) is 8.59. The molecule has 0 N–H and O–H groups in total. The van der Waals surface area contributed by atoms with Gasteiger partial charge in [0, 0.05) is 51.7 Å². The molecule has 1 aromatic heterocycles. The summed E-state index contributed by atoms with van der Waals surface area (Å²) in [5, 5.41) is 0. The predicted octanol–water partition coefficient (Wildman–Crippen LogP) is 2.90. The number of hydrogen-bond donors (Lipinski definition) is 0. The van der Waals surface area contributed by atoms with Crippen LogP contribution in [0.5, 0.6) is 0 Å². The third-order valence-electron chi connectivity index (χ3n) is 5.12. The summed E-state index contributed by atoms with van der Waals surface area (Å²) < 4.78 is 7.61. The Bertz CT molecular complexity index is 427. The molecule has 0 spiro atoms. The monoisotopic (exact) mass is 291 g/mol. The minimum Gasteiger partial charge on any atom is -0.385 e. The lowest BCUT2D eigenvalue weighted by Crippen LogP contribution is -2.36. The van der Waals surface area contributed by atoms with Crippen molar-refractivity contribution in [1.29, 1.82) is 0 Å². The molecule has 2 heterocycles. The Labute approximate surface area is 128 Å². The Morgan fingerprint density at radius 1 is 1.29 bits per heavy atom. The molecule has 2 aliphatic rings. The Hall–Kier alpha value is -0.870. The van der Waals surface area contributed by atoms with Gasteiger partial charge in [-0.1, -0.05) is 6.42 Å². The van der Waals surface area contributed by atoms with Crippen molar-refractivity contribution in [2.75, 3.05) is 33.4 Å². The van der Waals surface area contributed by atoms with Crippen LogP contribution in [0.2, 0.25) is 0 Å². The minimum atomic E-state index is 0.622. The second-order valence-electron chi connectivity index (χ2n) is 6.72. The van der Waals surface area contributed by atoms with Gasteiger partial charge >= 0.3 is 0 Å². The lowest BCUT2D eigenvalue weighted by atomic mass is 9.85. The molecular formula is C17H29N3O. The lowest BCUT2D eigenvalue weighted by Gasteiger charge is -2.33. The third-order valence-corrected chi connectivity index (χ3v) is 5.12. The van der Waals surface area contributed by atoms with E-state index in [9.17, 15) is 0 Å². The molecule has 0 bridgehead atoms. The maximum Gasteiger partial charge on any atom is 0.113 e. The fourth-order valence-electron chi connectivity index (χ4n) is 3.69. The largest absolute Gasteiger partial charge is 0.385 e. The third kappa shape index (κ3) is 3.86. The zero-order valence-corrected chi connectivity index (χ0v) is 13.3. The zero-order chi connectivity index (χ0) is 14.5. The van der Waals surface area contributed by atoms with Crippen molar-refractivity contribution in [3.63, 3.8) is 0 Å². The van der Waals surface area contributed by atoms with Crippen LogP contribution in [0.1, 0.15) is 50.3 Å². The van der Waals surface area contributed by atoms with Crippen LogP contribution < -0.4 is 0 Å². The van der Waals surface area contributed by atoms with Crippen LogP contribution in [-0.4, -0.2) is 47.8 Å². The molecule has 1 atom stereocenters. The Kier molecular flexibility index (Phi) is 5.31. The molecule has 0 aromatic carbocycles. The quantitative estimate of drug-likeness (QED) is 0.724. The molecule has 118 valence electrons. The van der Waals surface area contributed by atoms with E-state index in [0.29, 0.717) is 5.92 Å². The Morgan fingerprint density at radius 2 is 2.19 bits per heavy atom. The lowest BCUT2D eigenvalue weighted by molar-refractivity contribution is 0.153. The van der Waals surface area contributed by atoms with Gasteiger partial charge in [0.05, 0.1) is 0 Å². The standard InChI is InChI=1S/C17H29N3O/c1-21-12-4-10-19-9-3-7-16(14-19)17-18-8-11-20(17)13-15-5-2-6-15/h8,11,15-16H,2-7,9-10,12-14H2,1H3. The number of nitrogens with zero attached hydrogens (tertiary/aromatic N) is 3. The Morgan fingerprint density at radius 3 is 2.95 bits per heavy atom. The number of hydrogen-bond acceptors (Lipinski definition) is 3. The molecular weight excluding hydrogens is 262 g/mol. The summed E-state index contributed by atoms with van der Waals surface area (Å²) in [7, 11) is 1.79. The van der Waals surface area contributed by atoms with Crippen LogP contribution in [0.3, 0.4) is 0 Å². The van der Waals surface area contributed by atoms with Crippen LogP contribution in [0.15, 0.2) is 12.4 Å². The van der Waals surface area contributed by atoms with Crippen molar-refractivity contribution >= 4 is 0 Å². The highest BCUT2D eigenvalue weighted by molar-refractivity contribution is 5.03. The predicted molar refractivity (Wildman–Crippen MR) is 84.5 cm³/mol. The van der Waals surface area contributed by atoms with E-state index >= 15 is 0 Å². The van der Waals surface area contributed by atoms with Gasteiger partial charge in [0.25, 0.3) is 0 Å². The van der Waals surface area contributed by atoms with Crippen LogP contribution in [0.4, 0.5) is 0 Å². The van der Waals surface area contributed by atoms with E-state index in [1.54, 1.807) is 7.11 Å². The van der Waals surface area contributed by atoms with Gasteiger partial charge in [0.2, 0.25) is 0 Å². The van der Waals surface area contributed by atoms with E-state index in [4.69, 9.17) is 9.72 Å². The van der Waals surface area contributed by atoms with E-state index in [1.807, 2.05) is 6.20 Å². The first-order chi connectivity index (χ1) is 10.4. The smallest absolute Gasteiger partial charge is 0.113 e. The van der Waals surface area contributed by atoms with E-state index in [1.165, 1.54) is 57.6 Å². The number of imidazole rings is 1. The summed E-state index contributed by atoms with van der Waals surface area (Å²) in [6.07, 6.45) is 12.2. The number of rotatable bonds is 7. The van der Waals surface area contributed by atoms with Gasteiger partial charge in [-0.15, -0.1) is 0 Å². The maximum atomic E-state index is 5.17. The van der Waals surface area contributed by atoms with E-state index < -0.39 is 0 Å². The van der Waals surface area contributed by atoms with Crippen LogP contribution in [-0.2, 0) is 11.3 Å². The minimum absolute atomic E-state index is 0.622. The summed E-state index contributed by atoms with van der Waals surface area (Å²) in [5.41, 5.74) is 0. The highest BCUT2D eigenvalue weighted by Gasteiger charge is 2.26. The van der Waals surface area contributed by atoms with Crippen molar-refractivity contribution in [2.24, 2.45) is 5.92 Å². The molecule has 1 aliphatic carbocycles. The highest BCUT2D eigenvalue weighted by Crippen LogP contribution is 2.31. The molecule has 0 amide bonds. The second kappa shape index (κ2) is 7.41. The summed E-state index contributed by atoms with van der Waals surface area (Å²) >= 11 is 0. The fraction of sp³-hybridized carbons (Fsp3) is 0.824. The van der Waals surface area contributed by atoms with Crippen LogP contribution in [0, 0.1) is 5.92 Å². The topological polar surface area (TPSA) is 30.3 Å². The van der Waals surface area contributed by atoms with Gasteiger partial charge in [0.1, 0.15) is 5.82 Å². The first kappa shape index (κ1) is 15.0. The molecule has 21 heavy (non-hydrogen) atoms. The average molecular weight is 291 g/mol. The van der Waals surface area contributed by atoms with Gasteiger partial charge in [-0.25, -0.2) is 4.98 Å². The molecule has 3 rings (SSSR count). The summed E-state index contributed by atoms with van der Waals surface area (Å²) in [5.74, 6) is 2.86. The second-order valence-corrected chi connectivity index (χ2v) is 6.72. The van der Waals surface area contributed by atoms with Crippen molar-refractivity contribution < 1.29 is 4.74 Å². The molecule has 1 unspecified atom stereocenters. The van der Waals surface area contributed by atoms with E-state index in [0.717, 1.165) is 25.5 Å². The summed E-state index contributed by atoms with van der Waals surface area (Å²) in [6.45, 7) is 5.63. The van der Waals surface area contributed by atoms with Gasteiger partial charge in [-0.2, -0.15) is 0 Å². The van der Waals surface area contributed by atoms with Crippen molar-refractivity contribution in [3.8, 4) is 0 Å². The number of piperidine rings is 1. The van der Waals surface area contributed by atoms with E-state index in [2.05, 4.69) is 15.7 Å². The van der Waals surface area contributed by atoms with Crippen molar-refractivity contribution in [2.45, 2.75) is 51.0 Å². The average Bonchev–Trinajstić information content (AvgIpc) is 2.92. The molecule has 2 fully saturated rings. The van der Waals surface area contributed by atoms with Gasteiger partial charge < -0.3 is 14.2 Å². The molecule has 1 saturated carbocycles. The summed E-state index contributed by atoms with van der Waals surface area (Å²) in [6, 6.07) is 0. The zero-order valence-electron chi connectivity index (χ0n) is 13.3. The Balaban J connectivity index is 1.56. The number of ether oxygens (including phenoxy) is 1. The normalized spacial score (nSPS) is 24.1. The number of likely N-dealkylation sites (tertiary alicyclic amines) is 1.